The van der Waals surface area contributed by atoms with Gasteiger partial charge < -0.3 is 17.8 Å². The molecule has 1 aromatic carbocycles. The van der Waals surface area contributed by atoms with Gasteiger partial charge in [-0.2, -0.15) is 0 Å². The first kappa shape index (κ1) is 22.9. The fourth-order valence-corrected chi connectivity index (χ4v) is 5.14. The highest BCUT2D eigenvalue weighted by Crippen LogP contribution is 2.35. The van der Waals surface area contributed by atoms with E-state index in [0.29, 0.717) is 0 Å². The van der Waals surface area contributed by atoms with Crippen molar-refractivity contribution in [1.82, 2.24) is 0 Å². The minimum absolute atomic E-state index is 0.152. The van der Waals surface area contributed by atoms with E-state index >= 15 is 0 Å². The Labute approximate surface area is 157 Å². The monoisotopic (exact) mass is 403 g/mol. The van der Waals surface area contributed by atoms with E-state index in [1.807, 2.05) is 25.5 Å². The van der Waals surface area contributed by atoms with Crippen molar-refractivity contribution in [2.45, 2.75) is 44.0 Å². The summed E-state index contributed by atoms with van der Waals surface area (Å²) in [6.45, 7) is 6.08. The van der Waals surface area contributed by atoms with Crippen molar-refractivity contribution in [3.8, 4) is 0 Å². The lowest BCUT2D eigenvalue weighted by Crippen LogP contribution is -2.42. The lowest BCUT2D eigenvalue weighted by Gasteiger charge is -2.23. The Morgan fingerprint density at radius 3 is 2.12 bits per heavy atom. The predicted molar refractivity (Wildman–Crippen MR) is 101 cm³/mol. The standard InChI is InChI=1S/C11H13NO3S.C6H16O3Si/c1-7-8(2)12(3)11-5-4-9(6-10(7)11)16(13,14)15;1-5-6-10(7-2,8-3)9-4/h4-7H,1-3H3;5-6H2,1-4H3. The van der Waals surface area contributed by atoms with Crippen LogP contribution in [0.25, 0.3) is 0 Å². The Balaban J connectivity index is 0.000000294. The Morgan fingerprint density at radius 1 is 1.19 bits per heavy atom. The third-order valence-electron chi connectivity index (χ3n) is 4.76. The highest BCUT2D eigenvalue weighted by molar-refractivity contribution is 7.85. The summed E-state index contributed by atoms with van der Waals surface area (Å²) in [5.74, 6) is 0.154. The van der Waals surface area contributed by atoms with Crippen LogP contribution in [-0.2, 0) is 23.4 Å². The summed E-state index contributed by atoms with van der Waals surface area (Å²) in [6, 6.07) is 5.42. The number of nitrogens with zero attached hydrogens (tertiary/aromatic N) is 1. The van der Waals surface area contributed by atoms with E-state index in [9.17, 15) is 13.0 Å². The highest BCUT2D eigenvalue weighted by Gasteiger charge is 2.36. The Bertz CT molecular complexity index is 750. The van der Waals surface area contributed by atoms with Crippen LogP contribution in [0.2, 0.25) is 6.04 Å². The van der Waals surface area contributed by atoms with Crippen molar-refractivity contribution in [3.05, 3.63) is 23.8 Å². The van der Waals surface area contributed by atoms with Crippen LogP contribution >= 0.6 is 0 Å². The SMILES string of the molecule is CC1=[N+](C)c2ccc(S(=O)(=O)[O-])cc2C1C.CCC[Si](OC)(OC)OC. The van der Waals surface area contributed by atoms with Crippen molar-refractivity contribution in [2.24, 2.45) is 0 Å². The summed E-state index contributed by atoms with van der Waals surface area (Å²) in [7, 11) is 0.257. The summed E-state index contributed by atoms with van der Waals surface area (Å²) in [6.07, 6.45) is 1.03. The molecule has 26 heavy (non-hydrogen) atoms. The second kappa shape index (κ2) is 9.20. The molecule has 7 nitrogen and oxygen atoms in total. The maximum absolute atomic E-state index is 10.9. The molecule has 1 aliphatic heterocycles. The molecule has 148 valence electrons. The molecule has 9 heteroatoms. The van der Waals surface area contributed by atoms with Gasteiger partial charge in [-0.1, -0.05) is 13.3 Å². The van der Waals surface area contributed by atoms with E-state index in [1.54, 1.807) is 27.4 Å². The summed E-state index contributed by atoms with van der Waals surface area (Å²) in [5, 5.41) is 0. The fourth-order valence-electron chi connectivity index (χ4n) is 2.91. The number of hydrogen-bond acceptors (Lipinski definition) is 6. The Hall–Kier alpha value is -1.10. The second-order valence-electron chi connectivity index (χ2n) is 6.14. The van der Waals surface area contributed by atoms with Crippen molar-refractivity contribution in [2.75, 3.05) is 28.4 Å². The van der Waals surface area contributed by atoms with E-state index in [0.717, 1.165) is 29.4 Å². The van der Waals surface area contributed by atoms with Gasteiger partial charge in [0.15, 0.2) is 5.71 Å². The van der Waals surface area contributed by atoms with Gasteiger partial charge in [0.05, 0.1) is 10.8 Å². The summed E-state index contributed by atoms with van der Waals surface area (Å²) in [5.41, 5.74) is 3.02. The topological polar surface area (TPSA) is 87.9 Å². The van der Waals surface area contributed by atoms with Crippen LogP contribution in [0.1, 0.15) is 38.7 Å². The van der Waals surface area contributed by atoms with Gasteiger partial charge in [-0.25, -0.2) is 13.0 Å². The van der Waals surface area contributed by atoms with Gasteiger partial charge in [0, 0.05) is 45.9 Å². The van der Waals surface area contributed by atoms with Gasteiger partial charge in [-0.3, -0.25) is 0 Å². The molecular formula is C17H29NO6SSi. The molecule has 0 saturated carbocycles. The van der Waals surface area contributed by atoms with Crippen molar-refractivity contribution in [1.29, 1.82) is 0 Å². The van der Waals surface area contributed by atoms with Crippen molar-refractivity contribution in [3.63, 3.8) is 0 Å². The third-order valence-corrected chi connectivity index (χ3v) is 8.57. The van der Waals surface area contributed by atoms with Crippen LogP contribution in [0.5, 0.6) is 0 Å². The third kappa shape index (κ3) is 4.99. The lowest BCUT2D eigenvalue weighted by molar-refractivity contribution is -0.402. The largest absolute Gasteiger partial charge is 0.744 e. The van der Waals surface area contributed by atoms with E-state index in [2.05, 4.69) is 6.92 Å². The van der Waals surface area contributed by atoms with Gasteiger partial charge in [-0.05, 0) is 19.1 Å². The molecule has 0 radical (unpaired) electrons. The van der Waals surface area contributed by atoms with Gasteiger partial charge in [0.2, 0.25) is 5.69 Å². The first-order valence-corrected chi connectivity index (χ1v) is 11.7. The minimum atomic E-state index is -4.36. The number of hydrogen-bond donors (Lipinski definition) is 0. The molecule has 1 heterocycles. The molecule has 0 fully saturated rings. The zero-order valence-electron chi connectivity index (χ0n) is 16.5. The van der Waals surface area contributed by atoms with E-state index in [1.165, 1.54) is 12.1 Å². The molecule has 1 unspecified atom stereocenters. The minimum Gasteiger partial charge on any atom is -0.744 e. The average molecular weight is 404 g/mol. The van der Waals surface area contributed by atoms with Crippen LogP contribution in [0.4, 0.5) is 5.69 Å². The molecule has 0 bridgehead atoms. The summed E-state index contributed by atoms with van der Waals surface area (Å²) < 4.78 is 50.3. The first-order valence-electron chi connectivity index (χ1n) is 8.39. The molecule has 1 aromatic rings. The highest BCUT2D eigenvalue weighted by atomic mass is 32.2. The van der Waals surface area contributed by atoms with Gasteiger partial charge in [0.1, 0.15) is 17.2 Å². The van der Waals surface area contributed by atoms with E-state index in [4.69, 9.17) is 13.3 Å². The maximum atomic E-state index is 10.9. The second-order valence-corrected chi connectivity index (χ2v) is 10.6. The number of benzene rings is 1. The molecule has 0 amide bonds. The predicted octanol–water partition coefficient (Wildman–Crippen LogP) is 2.72. The van der Waals surface area contributed by atoms with Gasteiger partial charge in [-0.15, -0.1) is 0 Å². The average Bonchev–Trinajstić information content (AvgIpc) is 2.84. The van der Waals surface area contributed by atoms with Gasteiger partial charge >= 0.3 is 8.80 Å². The molecule has 1 aliphatic rings. The van der Waals surface area contributed by atoms with Crippen LogP contribution in [0.15, 0.2) is 23.1 Å². The van der Waals surface area contributed by atoms with Crippen LogP contribution in [0.3, 0.4) is 0 Å². The molecule has 0 spiro atoms. The van der Waals surface area contributed by atoms with Crippen LogP contribution < -0.4 is 0 Å². The Morgan fingerprint density at radius 2 is 1.73 bits per heavy atom. The molecule has 0 N–H and O–H groups in total. The van der Waals surface area contributed by atoms with Crippen molar-refractivity contribution >= 4 is 30.3 Å². The fraction of sp³-hybridized carbons (Fsp3) is 0.588. The Kier molecular flexibility index (Phi) is 8.12. The molecule has 0 aromatic heterocycles. The van der Waals surface area contributed by atoms with Crippen LogP contribution in [-0.4, -0.2) is 60.4 Å². The summed E-state index contributed by atoms with van der Waals surface area (Å²) in [4.78, 5) is -0.152. The zero-order valence-corrected chi connectivity index (χ0v) is 18.3. The van der Waals surface area contributed by atoms with E-state index < -0.39 is 18.9 Å². The molecule has 2 rings (SSSR count). The molecule has 1 atom stereocenters. The normalized spacial score (nSPS) is 17.0. The smallest absolute Gasteiger partial charge is 0.500 e. The quantitative estimate of drug-likeness (QED) is 0.412. The van der Waals surface area contributed by atoms with Crippen LogP contribution in [0, 0.1) is 0 Å². The first-order chi connectivity index (χ1) is 12.1. The maximum Gasteiger partial charge on any atom is 0.500 e. The number of fused-ring (bicyclic) bond motifs is 1. The van der Waals surface area contributed by atoms with E-state index in [-0.39, 0.29) is 10.8 Å². The number of rotatable bonds is 6. The summed E-state index contributed by atoms with van der Waals surface area (Å²) >= 11 is 0. The lowest BCUT2D eigenvalue weighted by atomic mass is 9.99. The molecule has 0 saturated heterocycles. The van der Waals surface area contributed by atoms with Crippen molar-refractivity contribution < 1.29 is 30.8 Å². The van der Waals surface area contributed by atoms with Gasteiger partial charge in [0.25, 0.3) is 0 Å². The molecule has 0 aliphatic carbocycles. The molecular weight excluding hydrogens is 374 g/mol. The zero-order chi connectivity index (χ0) is 20.1.